The Morgan fingerprint density at radius 1 is 1.33 bits per heavy atom. The van der Waals surface area contributed by atoms with Crippen LogP contribution in [0.5, 0.6) is 11.5 Å². The van der Waals surface area contributed by atoms with Gasteiger partial charge < -0.3 is 14.2 Å². The van der Waals surface area contributed by atoms with Gasteiger partial charge in [-0.1, -0.05) is 0 Å². The minimum atomic E-state index is -0.346. The van der Waals surface area contributed by atoms with Gasteiger partial charge >= 0.3 is 0 Å². The zero-order chi connectivity index (χ0) is 13.0. The van der Waals surface area contributed by atoms with Gasteiger partial charge in [-0.15, -0.1) is 0 Å². The molecule has 2 rings (SSSR count). The molecule has 0 radical (unpaired) electrons. The molecule has 1 unspecified atom stereocenters. The van der Waals surface area contributed by atoms with Gasteiger partial charge in [-0.25, -0.2) is 0 Å². The monoisotopic (exact) mass is 268 g/mol. The highest BCUT2D eigenvalue weighted by atomic mass is 32.2. The number of hydrogen-bond acceptors (Lipinski definition) is 5. The van der Waals surface area contributed by atoms with E-state index < -0.39 is 0 Å². The normalized spacial score (nSPS) is 19.3. The summed E-state index contributed by atoms with van der Waals surface area (Å²) in [6.45, 7) is 0.633. The molecular weight excluding hydrogens is 252 g/mol. The fourth-order valence-corrected chi connectivity index (χ4v) is 2.66. The quantitative estimate of drug-likeness (QED) is 0.782. The van der Waals surface area contributed by atoms with Crippen molar-refractivity contribution in [2.45, 2.75) is 6.10 Å². The minimum absolute atomic E-state index is 0.00292. The summed E-state index contributed by atoms with van der Waals surface area (Å²) < 4.78 is 15.8. The molecule has 1 aliphatic heterocycles. The molecule has 0 bridgehead atoms. The number of Topliss-reactive ketones (excluding diaryl/α,β-unsaturated/α-hetero) is 1. The van der Waals surface area contributed by atoms with E-state index in [1.54, 1.807) is 44.2 Å². The molecule has 0 N–H and O–H groups in total. The SMILES string of the molecule is COc1ccc(C(=O)C2CSCCO2)cc1OC. The molecule has 0 saturated carbocycles. The average Bonchev–Trinajstić information content (AvgIpc) is 2.46. The molecule has 1 fully saturated rings. The molecule has 98 valence electrons. The van der Waals surface area contributed by atoms with Crippen LogP contribution in [0.4, 0.5) is 0 Å². The van der Waals surface area contributed by atoms with E-state index >= 15 is 0 Å². The maximum Gasteiger partial charge on any atom is 0.192 e. The molecule has 0 spiro atoms. The van der Waals surface area contributed by atoms with Crippen molar-refractivity contribution in [3.8, 4) is 11.5 Å². The molecule has 1 aliphatic rings. The zero-order valence-electron chi connectivity index (χ0n) is 10.5. The fraction of sp³-hybridized carbons (Fsp3) is 0.462. The van der Waals surface area contributed by atoms with Crippen LogP contribution >= 0.6 is 11.8 Å². The van der Waals surface area contributed by atoms with Gasteiger partial charge in [0.2, 0.25) is 0 Å². The van der Waals surface area contributed by atoms with Gasteiger partial charge in [0, 0.05) is 17.1 Å². The van der Waals surface area contributed by atoms with Crippen LogP contribution in [0, 0.1) is 0 Å². The second-order valence-electron chi connectivity index (χ2n) is 3.87. The van der Waals surface area contributed by atoms with Crippen molar-refractivity contribution in [2.24, 2.45) is 0 Å². The van der Waals surface area contributed by atoms with Gasteiger partial charge in [0.1, 0.15) is 6.10 Å². The summed E-state index contributed by atoms with van der Waals surface area (Å²) in [7, 11) is 3.12. The Balaban J connectivity index is 2.19. The summed E-state index contributed by atoms with van der Waals surface area (Å²) in [5, 5.41) is 0. The predicted molar refractivity (Wildman–Crippen MR) is 70.9 cm³/mol. The first-order valence-electron chi connectivity index (χ1n) is 5.72. The summed E-state index contributed by atoms with van der Waals surface area (Å²) in [6.07, 6.45) is -0.346. The molecule has 0 amide bonds. The van der Waals surface area contributed by atoms with Crippen LogP contribution in [0.25, 0.3) is 0 Å². The first kappa shape index (κ1) is 13.2. The molecule has 1 aromatic rings. The molecule has 0 aromatic heterocycles. The number of ether oxygens (including phenoxy) is 3. The van der Waals surface area contributed by atoms with Crippen molar-refractivity contribution in [1.82, 2.24) is 0 Å². The average molecular weight is 268 g/mol. The lowest BCUT2D eigenvalue weighted by Crippen LogP contribution is -2.31. The Morgan fingerprint density at radius 2 is 2.11 bits per heavy atom. The lowest BCUT2D eigenvalue weighted by molar-refractivity contribution is 0.0518. The van der Waals surface area contributed by atoms with Gasteiger partial charge in [0.05, 0.1) is 20.8 Å². The van der Waals surface area contributed by atoms with E-state index in [2.05, 4.69) is 0 Å². The Bertz CT molecular complexity index is 427. The molecule has 0 aliphatic carbocycles. The molecule has 1 atom stereocenters. The van der Waals surface area contributed by atoms with Crippen LogP contribution in [0.3, 0.4) is 0 Å². The number of ketones is 1. The fourth-order valence-electron chi connectivity index (χ4n) is 1.81. The molecule has 1 heterocycles. The first-order chi connectivity index (χ1) is 8.76. The number of benzene rings is 1. The Hall–Kier alpha value is -1.20. The maximum absolute atomic E-state index is 12.2. The highest BCUT2D eigenvalue weighted by Gasteiger charge is 2.24. The van der Waals surface area contributed by atoms with Crippen LogP contribution in [0.2, 0.25) is 0 Å². The third-order valence-electron chi connectivity index (χ3n) is 2.78. The van der Waals surface area contributed by atoms with E-state index in [-0.39, 0.29) is 11.9 Å². The van der Waals surface area contributed by atoms with Gasteiger partial charge in [-0.05, 0) is 18.2 Å². The van der Waals surface area contributed by atoms with Crippen LogP contribution in [0.1, 0.15) is 10.4 Å². The Labute approximate surface area is 111 Å². The summed E-state index contributed by atoms with van der Waals surface area (Å²) in [5.41, 5.74) is 0.597. The number of rotatable bonds is 4. The zero-order valence-corrected chi connectivity index (χ0v) is 11.3. The van der Waals surface area contributed by atoms with E-state index in [4.69, 9.17) is 14.2 Å². The van der Waals surface area contributed by atoms with Crippen molar-refractivity contribution in [1.29, 1.82) is 0 Å². The van der Waals surface area contributed by atoms with E-state index in [1.165, 1.54) is 0 Å². The largest absolute Gasteiger partial charge is 0.493 e. The molecule has 18 heavy (non-hydrogen) atoms. The van der Waals surface area contributed by atoms with Gasteiger partial charge in [0.25, 0.3) is 0 Å². The first-order valence-corrected chi connectivity index (χ1v) is 6.87. The minimum Gasteiger partial charge on any atom is -0.493 e. The van der Waals surface area contributed by atoms with Crippen LogP contribution in [0.15, 0.2) is 18.2 Å². The second kappa shape index (κ2) is 6.11. The molecule has 1 aromatic carbocycles. The number of carbonyl (C=O) groups excluding carboxylic acids is 1. The highest BCUT2D eigenvalue weighted by molar-refractivity contribution is 7.99. The van der Waals surface area contributed by atoms with E-state index in [0.29, 0.717) is 29.4 Å². The number of methoxy groups -OCH3 is 2. The van der Waals surface area contributed by atoms with Crippen LogP contribution in [-0.2, 0) is 4.74 Å². The Morgan fingerprint density at radius 3 is 2.72 bits per heavy atom. The summed E-state index contributed by atoms with van der Waals surface area (Å²) >= 11 is 1.74. The summed E-state index contributed by atoms with van der Waals surface area (Å²) in [6, 6.07) is 5.18. The van der Waals surface area contributed by atoms with Crippen molar-refractivity contribution < 1.29 is 19.0 Å². The molecule has 1 saturated heterocycles. The molecular formula is C13H16O4S. The standard InChI is InChI=1S/C13H16O4S/c1-15-10-4-3-9(7-11(10)16-2)13(14)12-8-18-6-5-17-12/h3-4,7,12H,5-6,8H2,1-2H3. The predicted octanol–water partition coefficient (Wildman–Crippen LogP) is 2.02. The van der Waals surface area contributed by atoms with Crippen LogP contribution in [-0.4, -0.2) is 44.2 Å². The lowest BCUT2D eigenvalue weighted by atomic mass is 10.1. The smallest absolute Gasteiger partial charge is 0.192 e. The lowest BCUT2D eigenvalue weighted by Gasteiger charge is -2.21. The Kier molecular flexibility index (Phi) is 4.49. The van der Waals surface area contributed by atoms with Crippen molar-refractivity contribution in [3.05, 3.63) is 23.8 Å². The number of carbonyl (C=O) groups is 1. The van der Waals surface area contributed by atoms with Gasteiger partial charge in [-0.3, -0.25) is 4.79 Å². The summed E-state index contributed by atoms with van der Waals surface area (Å²) in [4.78, 5) is 12.2. The maximum atomic E-state index is 12.2. The van der Waals surface area contributed by atoms with Gasteiger partial charge in [0.15, 0.2) is 17.3 Å². The van der Waals surface area contributed by atoms with Crippen molar-refractivity contribution >= 4 is 17.5 Å². The topological polar surface area (TPSA) is 44.8 Å². The van der Waals surface area contributed by atoms with Crippen molar-refractivity contribution in [2.75, 3.05) is 32.3 Å². The van der Waals surface area contributed by atoms with Crippen molar-refractivity contribution in [3.63, 3.8) is 0 Å². The molecule has 4 nitrogen and oxygen atoms in total. The summed E-state index contributed by atoms with van der Waals surface area (Å²) in [5.74, 6) is 2.85. The van der Waals surface area contributed by atoms with E-state index in [0.717, 1.165) is 5.75 Å². The van der Waals surface area contributed by atoms with E-state index in [9.17, 15) is 4.79 Å². The third kappa shape index (κ3) is 2.79. The second-order valence-corrected chi connectivity index (χ2v) is 5.02. The number of thioether (sulfide) groups is 1. The highest BCUT2D eigenvalue weighted by Crippen LogP contribution is 2.28. The third-order valence-corrected chi connectivity index (χ3v) is 3.77. The van der Waals surface area contributed by atoms with Crippen LogP contribution < -0.4 is 9.47 Å². The molecule has 5 heteroatoms. The van der Waals surface area contributed by atoms with E-state index in [1.807, 2.05) is 0 Å². The van der Waals surface area contributed by atoms with Gasteiger partial charge in [-0.2, -0.15) is 11.8 Å². The number of hydrogen-bond donors (Lipinski definition) is 0.